The Hall–Kier alpha value is -1.10. The van der Waals surface area contributed by atoms with Gasteiger partial charge in [0.25, 0.3) is 0 Å². The molecule has 19 heavy (non-hydrogen) atoms. The molecule has 3 rings (SSSR count). The first kappa shape index (κ1) is 12.9. The van der Waals surface area contributed by atoms with Gasteiger partial charge in [0, 0.05) is 13.2 Å². The van der Waals surface area contributed by atoms with Crippen molar-refractivity contribution in [1.82, 2.24) is 9.80 Å². The molecule has 3 fully saturated rings. The van der Waals surface area contributed by atoms with Crippen molar-refractivity contribution in [3.8, 4) is 0 Å². The Balaban J connectivity index is 1.87. The molecule has 0 spiro atoms. The molecule has 3 saturated heterocycles. The zero-order valence-corrected chi connectivity index (χ0v) is 11.7. The Morgan fingerprint density at radius 2 is 2.11 bits per heavy atom. The molecule has 3 atom stereocenters. The number of amides is 2. The van der Waals surface area contributed by atoms with Crippen LogP contribution < -0.4 is 0 Å². The summed E-state index contributed by atoms with van der Waals surface area (Å²) in [7, 11) is 0. The highest BCUT2D eigenvalue weighted by Gasteiger charge is 2.51. The van der Waals surface area contributed by atoms with E-state index in [-0.39, 0.29) is 36.0 Å². The molecule has 0 aromatic carbocycles. The van der Waals surface area contributed by atoms with Gasteiger partial charge in [-0.15, -0.1) is 0 Å². The second kappa shape index (κ2) is 4.47. The third-order valence-corrected chi connectivity index (χ3v) is 5.14. The monoisotopic (exact) mass is 266 g/mol. The zero-order chi connectivity index (χ0) is 13.6. The highest BCUT2D eigenvalue weighted by atomic mass is 16.5. The van der Waals surface area contributed by atoms with Crippen LogP contribution in [0, 0.1) is 0 Å². The maximum atomic E-state index is 12.7. The lowest BCUT2D eigenvalue weighted by atomic mass is 9.88. The van der Waals surface area contributed by atoms with Crippen LogP contribution in [0.15, 0.2) is 0 Å². The fourth-order valence-electron chi connectivity index (χ4n) is 3.58. The summed E-state index contributed by atoms with van der Waals surface area (Å²) in [6.07, 6.45) is 3.69. The van der Waals surface area contributed by atoms with Crippen molar-refractivity contribution >= 4 is 11.8 Å². The van der Waals surface area contributed by atoms with Gasteiger partial charge in [-0.1, -0.05) is 0 Å². The molecule has 0 radical (unpaired) electrons. The number of piperazine rings is 1. The van der Waals surface area contributed by atoms with E-state index in [0.717, 1.165) is 32.2 Å². The van der Waals surface area contributed by atoms with E-state index in [2.05, 4.69) is 0 Å². The minimum atomic E-state index is -0.323. The SMILES string of the molecule is CC1OCCC1(C)N1CC(=O)N2CCCCC2C1=O. The number of carbonyl (C=O) groups is 2. The van der Waals surface area contributed by atoms with Crippen molar-refractivity contribution in [2.24, 2.45) is 0 Å². The molecule has 106 valence electrons. The first-order chi connectivity index (χ1) is 9.04. The van der Waals surface area contributed by atoms with Crippen LogP contribution in [-0.4, -0.2) is 59.0 Å². The summed E-state index contributed by atoms with van der Waals surface area (Å²) < 4.78 is 5.62. The zero-order valence-electron chi connectivity index (χ0n) is 11.7. The van der Waals surface area contributed by atoms with Crippen LogP contribution in [0.1, 0.15) is 39.5 Å². The minimum Gasteiger partial charge on any atom is -0.376 e. The van der Waals surface area contributed by atoms with E-state index in [0.29, 0.717) is 6.61 Å². The third-order valence-electron chi connectivity index (χ3n) is 5.14. The summed E-state index contributed by atoms with van der Waals surface area (Å²) in [5.41, 5.74) is -0.323. The van der Waals surface area contributed by atoms with Crippen molar-refractivity contribution in [1.29, 1.82) is 0 Å². The number of hydrogen-bond acceptors (Lipinski definition) is 3. The fraction of sp³-hybridized carbons (Fsp3) is 0.857. The lowest BCUT2D eigenvalue weighted by molar-refractivity contribution is -0.165. The van der Waals surface area contributed by atoms with E-state index in [1.165, 1.54) is 0 Å². The van der Waals surface area contributed by atoms with Gasteiger partial charge < -0.3 is 14.5 Å². The molecule has 0 saturated carbocycles. The Kier molecular flexibility index (Phi) is 3.04. The maximum Gasteiger partial charge on any atom is 0.246 e. The quantitative estimate of drug-likeness (QED) is 0.704. The van der Waals surface area contributed by atoms with Crippen LogP contribution >= 0.6 is 0 Å². The molecule has 5 heteroatoms. The lowest BCUT2D eigenvalue weighted by Gasteiger charge is -2.49. The predicted octanol–water partition coefficient (Wildman–Crippen LogP) is 0.777. The molecule has 3 unspecified atom stereocenters. The van der Waals surface area contributed by atoms with Gasteiger partial charge in [-0.2, -0.15) is 0 Å². The number of fused-ring (bicyclic) bond motifs is 1. The Bertz CT molecular complexity index is 411. The van der Waals surface area contributed by atoms with Crippen LogP contribution in [0.25, 0.3) is 0 Å². The van der Waals surface area contributed by atoms with Crippen molar-refractivity contribution in [3.63, 3.8) is 0 Å². The molecule has 0 aliphatic carbocycles. The number of ether oxygens (including phenoxy) is 1. The van der Waals surface area contributed by atoms with Crippen LogP contribution in [0.2, 0.25) is 0 Å². The van der Waals surface area contributed by atoms with Crippen molar-refractivity contribution in [2.75, 3.05) is 19.7 Å². The van der Waals surface area contributed by atoms with Crippen LogP contribution in [0.3, 0.4) is 0 Å². The van der Waals surface area contributed by atoms with Gasteiger partial charge in [-0.3, -0.25) is 9.59 Å². The molecular formula is C14H22N2O3. The Labute approximate surface area is 113 Å². The summed E-state index contributed by atoms with van der Waals surface area (Å²) in [5, 5.41) is 0. The first-order valence-electron chi connectivity index (χ1n) is 7.26. The Morgan fingerprint density at radius 1 is 1.32 bits per heavy atom. The summed E-state index contributed by atoms with van der Waals surface area (Å²) in [4.78, 5) is 28.6. The number of piperidine rings is 1. The highest BCUT2D eigenvalue weighted by molar-refractivity contribution is 5.95. The summed E-state index contributed by atoms with van der Waals surface area (Å²) >= 11 is 0. The van der Waals surface area contributed by atoms with E-state index in [1.54, 1.807) is 9.80 Å². The van der Waals surface area contributed by atoms with Crippen molar-refractivity contribution in [3.05, 3.63) is 0 Å². The average molecular weight is 266 g/mol. The van der Waals surface area contributed by atoms with Gasteiger partial charge in [-0.25, -0.2) is 0 Å². The van der Waals surface area contributed by atoms with E-state index >= 15 is 0 Å². The molecule has 0 N–H and O–H groups in total. The number of nitrogens with zero attached hydrogens (tertiary/aromatic N) is 2. The second-order valence-corrected chi connectivity index (χ2v) is 6.14. The van der Waals surface area contributed by atoms with E-state index in [9.17, 15) is 9.59 Å². The lowest BCUT2D eigenvalue weighted by Crippen LogP contribution is -2.67. The van der Waals surface area contributed by atoms with Gasteiger partial charge in [0.2, 0.25) is 11.8 Å². The summed E-state index contributed by atoms with van der Waals surface area (Å²) in [5.74, 6) is 0.226. The molecular weight excluding hydrogens is 244 g/mol. The molecule has 5 nitrogen and oxygen atoms in total. The first-order valence-corrected chi connectivity index (χ1v) is 7.26. The molecule has 0 bridgehead atoms. The maximum absolute atomic E-state index is 12.7. The van der Waals surface area contributed by atoms with Gasteiger partial charge in [0.15, 0.2) is 0 Å². The normalized spacial score (nSPS) is 39.7. The topological polar surface area (TPSA) is 49.9 Å². The van der Waals surface area contributed by atoms with E-state index in [4.69, 9.17) is 4.74 Å². The van der Waals surface area contributed by atoms with E-state index in [1.807, 2.05) is 13.8 Å². The van der Waals surface area contributed by atoms with Gasteiger partial charge in [0.05, 0.1) is 11.6 Å². The third kappa shape index (κ3) is 1.86. The molecule has 0 aromatic rings. The number of carbonyl (C=O) groups excluding carboxylic acids is 2. The summed E-state index contributed by atoms with van der Waals surface area (Å²) in [6, 6.07) is -0.223. The summed E-state index contributed by atoms with van der Waals surface area (Å²) in [6.45, 7) is 5.68. The van der Waals surface area contributed by atoms with Crippen LogP contribution in [-0.2, 0) is 14.3 Å². The Morgan fingerprint density at radius 3 is 2.79 bits per heavy atom. The molecule has 3 aliphatic rings. The minimum absolute atomic E-state index is 0.000564. The molecule has 3 aliphatic heterocycles. The van der Waals surface area contributed by atoms with E-state index < -0.39 is 0 Å². The molecule has 2 amide bonds. The molecule has 3 heterocycles. The highest BCUT2D eigenvalue weighted by Crippen LogP contribution is 2.35. The van der Waals surface area contributed by atoms with Crippen LogP contribution in [0.5, 0.6) is 0 Å². The van der Waals surface area contributed by atoms with Crippen molar-refractivity contribution in [2.45, 2.75) is 57.2 Å². The second-order valence-electron chi connectivity index (χ2n) is 6.14. The van der Waals surface area contributed by atoms with Crippen LogP contribution in [0.4, 0.5) is 0 Å². The standard InChI is InChI=1S/C14H22N2O3/c1-10-14(2,6-8-19-10)16-9-12(17)15-7-4-3-5-11(15)13(16)18/h10-11H,3-9H2,1-2H3. The average Bonchev–Trinajstić information content (AvgIpc) is 2.75. The molecule has 0 aromatic heterocycles. The number of rotatable bonds is 1. The van der Waals surface area contributed by atoms with Crippen molar-refractivity contribution < 1.29 is 14.3 Å². The van der Waals surface area contributed by atoms with Gasteiger partial charge in [0.1, 0.15) is 12.6 Å². The number of hydrogen-bond donors (Lipinski definition) is 0. The smallest absolute Gasteiger partial charge is 0.246 e. The van der Waals surface area contributed by atoms with Gasteiger partial charge >= 0.3 is 0 Å². The fourth-order valence-corrected chi connectivity index (χ4v) is 3.58. The largest absolute Gasteiger partial charge is 0.376 e. The van der Waals surface area contributed by atoms with Gasteiger partial charge in [-0.05, 0) is 39.5 Å². The predicted molar refractivity (Wildman–Crippen MR) is 69.5 cm³/mol.